The maximum Gasteiger partial charge on any atom is 0.261 e. The summed E-state index contributed by atoms with van der Waals surface area (Å²) in [6.45, 7) is 5.71. The molecule has 0 saturated heterocycles. The van der Waals surface area contributed by atoms with E-state index in [0.717, 1.165) is 23.1 Å². The molecular weight excluding hydrogens is 396 g/mol. The lowest BCUT2D eigenvalue weighted by Gasteiger charge is -2.18. The molecule has 2 N–H and O–H groups in total. The summed E-state index contributed by atoms with van der Waals surface area (Å²) >= 11 is 0. The van der Waals surface area contributed by atoms with Crippen molar-refractivity contribution in [1.82, 2.24) is 5.32 Å². The molecule has 6 heteroatoms. The van der Waals surface area contributed by atoms with E-state index in [1.807, 2.05) is 44.2 Å². The number of sulfonamides is 1. The second-order valence-corrected chi connectivity index (χ2v) is 8.98. The van der Waals surface area contributed by atoms with Gasteiger partial charge in [-0.25, -0.2) is 8.42 Å². The average molecular weight is 423 g/mol. The van der Waals surface area contributed by atoms with Crippen LogP contribution in [0.3, 0.4) is 0 Å². The molecule has 156 valence electrons. The molecule has 0 unspecified atom stereocenters. The van der Waals surface area contributed by atoms with Crippen LogP contribution >= 0.6 is 0 Å². The normalized spacial score (nSPS) is 12.2. The molecule has 0 aliphatic rings. The van der Waals surface area contributed by atoms with Crippen LogP contribution < -0.4 is 10.0 Å². The lowest BCUT2D eigenvalue weighted by molar-refractivity contribution is 0.0935. The highest BCUT2D eigenvalue weighted by atomic mass is 32.2. The Bertz CT molecular complexity index is 1120. The van der Waals surface area contributed by atoms with Gasteiger partial charge in [-0.2, -0.15) is 0 Å². The van der Waals surface area contributed by atoms with Crippen molar-refractivity contribution in [2.45, 2.75) is 38.1 Å². The Hall–Kier alpha value is -3.12. The Morgan fingerprint density at radius 1 is 0.933 bits per heavy atom. The second-order valence-electron chi connectivity index (χ2n) is 7.29. The molecule has 3 aromatic rings. The molecule has 3 rings (SSSR count). The Kier molecular flexibility index (Phi) is 6.57. The van der Waals surface area contributed by atoms with Crippen molar-refractivity contribution >= 4 is 21.6 Å². The average Bonchev–Trinajstić information content (AvgIpc) is 2.74. The summed E-state index contributed by atoms with van der Waals surface area (Å²) in [5.41, 5.74) is 3.53. The summed E-state index contributed by atoms with van der Waals surface area (Å²) in [4.78, 5) is 13.0. The highest BCUT2D eigenvalue weighted by Gasteiger charge is 2.18. The van der Waals surface area contributed by atoms with Gasteiger partial charge < -0.3 is 5.32 Å². The first-order valence-electron chi connectivity index (χ1n) is 9.86. The van der Waals surface area contributed by atoms with Crippen LogP contribution in [0.25, 0.3) is 0 Å². The molecule has 1 atom stereocenters. The van der Waals surface area contributed by atoms with E-state index in [-0.39, 0.29) is 16.8 Å². The number of hydrogen-bond acceptors (Lipinski definition) is 3. The van der Waals surface area contributed by atoms with Crippen LogP contribution in [0, 0.1) is 13.8 Å². The van der Waals surface area contributed by atoms with E-state index in [0.29, 0.717) is 11.3 Å². The molecule has 30 heavy (non-hydrogen) atoms. The fourth-order valence-electron chi connectivity index (χ4n) is 3.14. The van der Waals surface area contributed by atoms with Crippen LogP contribution in [0.5, 0.6) is 0 Å². The third kappa shape index (κ3) is 5.07. The largest absolute Gasteiger partial charge is 0.345 e. The van der Waals surface area contributed by atoms with Gasteiger partial charge >= 0.3 is 0 Å². The summed E-state index contributed by atoms with van der Waals surface area (Å²) < 4.78 is 28.1. The Morgan fingerprint density at radius 2 is 1.60 bits per heavy atom. The molecule has 0 fully saturated rings. The molecule has 0 radical (unpaired) electrons. The molecule has 3 aromatic carbocycles. The van der Waals surface area contributed by atoms with Crippen LogP contribution in [0.2, 0.25) is 0 Å². The van der Waals surface area contributed by atoms with Gasteiger partial charge in [-0.15, -0.1) is 0 Å². The van der Waals surface area contributed by atoms with Gasteiger partial charge in [0.1, 0.15) is 0 Å². The van der Waals surface area contributed by atoms with Crippen molar-refractivity contribution in [2.24, 2.45) is 0 Å². The second kappa shape index (κ2) is 9.13. The number of aryl methyl sites for hydroxylation is 2. The van der Waals surface area contributed by atoms with Gasteiger partial charge in [-0.3, -0.25) is 9.52 Å². The first-order valence-corrected chi connectivity index (χ1v) is 11.3. The SMILES string of the molecule is CC[C@H](NC(=O)c1ccc(C)c(NS(=O)(=O)c2ccc(C)cc2)c1)c1ccccc1. The minimum Gasteiger partial charge on any atom is -0.345 e. The summed E-state index contributed by atoms with van der Waals surface area (Å²) in [5, 5.41) is 3.03. The fourth-order valence-corrected chi connectivity index (χ4v) is 4.26. The van der Waals surface area contributed by atoms with E-state index in [2.05, 4.69) is 10.0 Å². The van der Waals surface area contributed by atoms with Crippen LogP contribution in [-0.2, 0) is 10.0 Å². The van der Waals surface area contributed by atoms with Crippen LogP contribution in [0.15, 0.2) is 77.7 Å². The smallest absolute Gasteiger partial charge is 0.261 e. The van der Waals surface area contributed by atoms with Gasteiger partial charge in [-0.1, -0.05) is 61.0 Å². The maximum atomic E-state index is 12.8. The number of anilines is 1. The van der Waals surface area contributed by atoms with Crippen molar-refractivity contribution in [3.05, 3.63) is 95.1 Å². The number of carbonyl (C=O) groups is 1. The summed E-state index contributed by atoms with van der Waals surface area (Å²) in [7, 11) is -3.75. The maximum absolute atomic E-state index is 12.8. The van der Waals surface area contributed by atoms with Gasteiger partial charge in [0.2, 0.25) is 0 Å². The standard InChI is InChI=1S/C24H26N2O3S/c1-4-22(19-8-6-5-7-9-19)25-24(27)20-13-12-18(3)23(16-20)26-30(28,29)21-14-10-17(2)11-15-21/h5-16,22,26H,4H2,1-3H3,(H,25,27)/t22-/m0/s1. The van der Waals surface area contributed by atoms with Crippen molar-refractivity contribution in [3.8, 4) is 0 Å². The van der Waals surface area contributed by atoms with Gasteiger partial charge in [0.25, 0.3) is 15.9 Å². The minimum atomic E-state index is -3.75. The number of nitrogens with one attached hydrogen (secondary N) is 2. The van der Waals surface area contributed by atoms with E-state index in [4.69, 9.17) is 0 Å². The predicted molar refractivity (Wildman–Crippen MR) is 120 cm³/mol. The van der Waals surface area contributed by atoms with E-state index in [1.54, 1.807) is 49.4 Å². The van der Waals surface area contributed by atoms with E-state index < -0.39 is 10.0 Å². The Labute approximate surface area is 178 Å². The number of carbonyl (C=O) groups excluding carboxylic acids is 1. The number of hydrogen-bond donors (Lipinski definition) is 2. The molecule has 0 saturated carbocycles. The summed E-state index contributed by atoms with van der Waals surface area (Å²) in [6, 6.07) is 21.3. The van der Waals surface area contributed by atoms with Gasteiger partial charge in [0, 0.05) is 5.56 Å². The number of rotatable bonds is 7. The fraction of sp³-hybridized carbons (Fsp3) is 0.208. The predicted octanol–water partition coefficient (Wildman–Crippen LogP) is 4.99. The molecule has 0 bridgehead atoms. The minimum absolute atomic E-state index is 0.118. The molecule has 5 nitrogen and oxygen atoms in total. The van der Waals surface area contributed by atoms with E-state index >= 15 is 0 Å². The zero-order chi connectivity index (χ0) is 21.7. The first-order chi connectivity index (χ1) is 14.3. The van der Waals surface area contributed by atoms with Gasteiger partial charge in [-0.05, 0) is 55.7 Å². The lowest BCUT2D eigenvalue weighted by atomic mass is 10.0. The zero-order valence-corrected chi connectivity index (χ0v) is 18.2. The quantitative estimate of drug-likeness (QED) is 0.563. The molecule has 0 aliphatic heterocycles. The van der Waals surface area contributed by atoms with Crippen molar-refractivity contribution in [2.75, 3.05) is 4.72 Å². The van der Waals surface area contributed by atoms with Crippen LogP contribution in [-0.4, -0.2) is 14.3 Å². The van der Waals surface area contributed by atoms with Crippen molar-refractivity contribution < 1.29 is 13.2 Å². The Morgan fingerprint density at radius 3 is 2.23 bits per heavy atom. The summed E-state index contributed by atoms with van der Waals surface area (Å²) in [5.74, 6) is -0.249. The molecule has 0 heterocycles. The van der Waals surface area contributed by atoms with Crippen LogP contribution in [0.1, 0.15) is 46.4 Å². The van der Waals surface area contributed by atoms with Crippen molar-refractivity contribution in [3.63, 3.8) is 0 Å². The van der Waals surface area contributed by atoms with Crippen LogP contribution in [0.4, 0.5) is 5.69 Å². The molecule has 0 spiro atoms. The third-order valence-corrected chi connectivity index (χ3v) is 6.37. The lowest BCUT2D eigenvalue weighted by Crippen LogP contribution is -2.28. The molecule has 0 aliphatic carbocycles. The highest BCUT2D eigenvalue weighted by Crippen LogP contribution is 2.23. The van der Waals surface area contributed by atoms with Crippen molar-refractivity contribution in [1.29, 1.82) is 0 Å². The topological polar surface area (TPSA) is 75.3 Å². The monoisotopic (exact) mass is 422 g/mol. The molecule has 1 amide bonds. The highest BCUT2D eigenvalue weighted by molar-refractivity contribution is 7.92. The van der Waals surface area contributed by atoms with Gasteiger partial charge in [0.15, 0.2) is 0 Å². The third-order valence-electron chi connectivity index (χ3n) is 4.99. The summed E-state index contributed by atoms with van der Waals surface area (Å²) in [6.07, 6.45) is 0.745. The molecule has 0 aromatic heterocycles. The number of benzene rings is 3. The number of amides is 1. The van der Waals surface area contributed by atoms with E-state index in [1.165, 1.54) is 0 Å². The van der Waals surface area contributed by atoms with E-state index in [9.17, 15) is 13.2 Å². The zero-order valence-electron chi connectivity index (χ0n) is 17.3. The molecular formula is C24H26N2O3S. The van der Waals surface area contributed by atoms with Gasteiger partial charge in [0.05, 0.1) is 16.6 Å². The first kappa shape index (κ1) is 21.6. The Balaban J connectivity index is 1.82.